The van der Waals surface area contributed by atoms with Gasteiger partial charge >= 0.3 is 6.09 Å². The number of carbonyl (C=O) groups is 2. The molecule has 2 heterocycles. The average molecular weight is 435 g/mol. The monoisotopic (exact) mass is 435 g/mol. The summed E-state index contributed by atoms with van der Waals surface area (Å²) in [5.41, 5.74) is 0.443. The number of aromatic nitrogens is 4. The van der Waals surface area contributed by atoms with Gasteiger partial charge in [-0.05, 0) is 27.2 Å². The molecule has 1 fully saturated rings. The van der Waals surface area contributed by atoms with Crippen LogP contribution in [0.4, 0.5) is 10.6 Å². The van der Waals surface area contributed by atoms with Crippen LogP contribution in [-0.4, -0.2) is 79.2 Å². The zero-order chi connectivity index (χ0) is 22.8. The Morgan fingerprint density at radius 1 is 1.23 bits per heavy atom. The van der Waals surface area contributed by atoms with Crippen LogP contribution < -0.4 is 16.0 Å². The quantitative estimate of drug-likeness (QED) is 0.418. The SMILES string of the molecule is CNc1ncnc2c1ncn2[C@@H]1C[C@H](NC(=O)CCNC(=O)OC(C)(C)C)[C@H](O)[C@@H]1O. The topological polar surface area (TPSA) is 164 Å². The number of fused-ring (bicyclic) bond motifs is 1. The van der Waals surface area contributed by atoms with Gasteiger partial charge < -0.3 is 35.5 Å². The number of alkyl carbamates (subject to hydrolysis) is 1. The van der Waals surface area contributed by atoms with Crippen molar-refractivity contribution < 1.29 is 24.5 Å². The van der Waals surface area contributed by atoms with E-state index in [2.05, 4.69) is 30.9 Å². The Hall–Kier alpha value is -2.99. The van der Waals surface area contributed by atoms with Crippen molar-refractivity contribution in [2.45, 2.75) is 63.5 Å². The first kappa shape index (κ1) is 22.7. The summed E-state index contributed by atoms with van der Waals surface area (Å²) < 4.78 is 6.80. The van der Waals surface area contributed by atoms with E-state index in [0.29, 0.717) is 17.0 Å². The van der Waals surface area contributed by atoms with Gasteiger partial charge in [-0.15, -0.1) is 0 Å². The Morgan fingerprint density at radius 2 is 1.97 bits per heavy atom. The predicted octanol–water partition coefficient (Wildman–Crippen LogP) is -0.0658. The van der Waals surface area contributed by atoms with Crippen LogP contribution in [0, 0.1) is 0 Å². The number of aliphatic hydroxyl groups is 2. The molecular formula is C19H29N7O5. The van der Waals surface area contributed by atoms with Crippen LogP contribution in [0.15, 0.2) is 12.7 Å². The fraction of sp³-hybridized carbons (Fsp3) is 0.632. The van der Waals surface area contributed by atoms with Gasteiger partial charge in [0.05, 0.1) is 18.4 Å². The van der Waals surface area contributed by atoms with E-state index >= 15 is 0 Å². The van der Waals surface area contributed by atoms with Gasteiger partial charge in [0.15, 0.2) is 11.5 Å². The van der Waals surface area contributed by atoms with Gasteiger partial charge in [0.2, 0.25) is 5.91 Å². The van der Waals surface area contributed by atoms with E-state index in [4.69, 9.17) is 4.74 Å². The molecule has 1 aliphatic rings. The van der Waals surface area contributed by atoms with Crippen molar-refractivity contribution in [1.82, 2.24) is 30.2 Å². The molecule has 0 bridgehead atoms. The highest BCUT2D eigenvalue weighted by atomic mass is 16.6. The molecule has 5 N–H and O–H groups in total. The number of carbonyl (C=O) groups excluding carboxylic acids is 2. The number of hydrogen-bond acceptors (Lipinski definition) is 9. The number of rotatable bonds is 6. The lowest BCUT2D eigenvalue weighted by Crippen LogP contribution is -2.44. The third-order valence-corrected chi connectivity index (χ3v) is 4.97. The number of aliphatic hydroxyl groups excluding tert-OH is 2. The highest BCUT2D eigenvalue weighted by Crippen LogP contribution is 2.33. The van der Waals surface area contributed by atoms with Crippen LogP contribution in [0.2, 0.25) is 0 Å². The highest BCUT2D eigenvalue weighted by Gasteiger charge is 2.43. The second-order valence-electron chi connectivity index (χ2n) is 8.43. The van der Waals surface area contributed by atoms with Crippen LogP contribution in [-0.2, 0) is 9.53 Å². The molecule has 2 amide bonds. The molecule has 2 aromatic rings. The molecule has 170 valence electrons. The van der Waals surface area contributed by atoms with Crippen molar-refractivity contribution in [2.75, 3.05) is 18.9 Å². The Balaban J connectivity index is 1.59. The Bertz CT molecular complexity index is 941. The molecular weight excluding hydrogens is 406 g/mol. The molecule has 1 saturated carbocycles. The summed E-state index contributed by atoms with van der Waals surface area (Å²) in [4.78, 5) is 36.6. The molecule has 1 aliphatic carbocycles. The van der Waals surface area contributed by atoms with E-state index < -0.39 is 36.0 Å². The molecule has 0 radical (unpaired) electrons. The largest absolute Gasteiger partial charge is 0.444 e. The molecule has 2 aromatic heterocycles. The molecule has 0 saturated heterocycles. The molecule has 12 nitrogen and oxygen atoms in total. The maximum atomic E-state index is 12.3. The van der Waals surface area contributed by atoms with Gasteiger partial charge in [0.1, 0.15) is 29.7 Å². The van der Waals surface area contributed by atoms with Gasteiger partial charge in [-0.25, -0.2) is 19.7 Å². The molecule has 0 aromatic carbocycles. The standard InChI is InChI=1S/C19H29N7O5/c1-19(2,3)31-18(30)21-6-5-12(27)25-10-7-11(15(29)14(10)28)26-9-24-13-16(20-4)22-8-23-17(13)26/h8-11,14-15,28-29H,5-7H2,1-4H3,(H,21,30)(H,25,27)(H,20,22,23)/t10-,11+,14-,15+/m0/s1. The maximum Gasteiger partial charge on any atom is 0.407 e. The van der Waals surface area contributed by atoms with E-state index in [0.717, 1.165) is 0 Å². The van der Waals surface area contributed by atoms with Crippen molar-refractivity contribution in [1.29, 1.82) is 0 Å². The third kappa shape index (κ3) is 5.20. The fourth-order valence-electron chi connectivity index (χ4n) is 3.58. The summed E-state index contributed by atoms with van der Waals surface area (Å²) in [6.07, 6.45) is 0.350. The van der Waals surface area contributed by atoms with Gasteiger partial charge in [0.25, 0.3) is 0 Å². The van der Waals surface area contributed by atoms with Crippen LogP contribution in [0.5, 0.6) is 0 Å². The van der Waals surface area contributed by atoms with Crippen molar-refractivity contribution in [3.63, 3.8) is 0 Å². The molecule has 0 unspecified atom stereocenters. The van der Waals surface area contributed by atoms with Crippen LogP contribution in [0.25, 0.3) is 11.2 Å². The summed E-state index contributed by atoms with van der Waals surface area (Å²) >= 11 is 0. The van der Waals surface area contributed by atoms with Gasteiger partial charge in [0, 0.05) is 20.0 Å². The summed E-state index contributed by atoms with van der Waals surface area (Å²) in [6, 6.07) is -1.18. The van der Waals surface area contributed by atoms with Crippen LogP contribution in [0.3, 0.4) is 0 Å². The molecule has 0 aliphatic heterocycles. The van der Waals surface area contributed by atoms with Crippen molar-refractivity contribution in [3.8, 4) is 0 Å². The second-order valence-corrected chi connectivity index (χ2v) is 8.43. The number of nitrogens with zero attached hydrogens (tertiary/aromatic N) is 4. The first-order valence-corrected chi connectivity index (χ1v) is 10.1. The first-order chi connectivity index (χ1) is 14.6. The fourth-order valence-corrected chi connectivity index (χ4v) is 3.58. The van der Waals surface area contributed by atoms with E-state index in [1.54, 1.807) is 32.4 Å². The minimum absolute atomic E-state index is 0.00991. The number of imidazole rings is 1. The van der Waals surface area contributed by atoms with Gasteiger partial charge in [-0.3, -0.25) is 4.79 Å². The average Bonchev–Trinajstić information content (AvgIpc) is 3.23. The number of amides is 2. The number of nitrogens with one attached hydrogen (secondary N) is 3. The van der Waals surface area contributed by atoms with E-state index in [1.807, 2.05) is 0 Å². The summed E-state index contributed by atoms with van der Waals surface area (Å²) in [5.74, 6) is 0.197. The lowest BCUT2D eigenvalue weighted by atomic mass is 10.2. The summed E-state index contributed by atoms with van der Waals surface area (Å²) in [6.45, 7) is 5.33. The highest BCUT2D eigenvalue weighted by molar-refractivity contribution is 5.82. The summed E-state index contributed by atoms with van der Waals surface area (Å²) in [5, 5.41) is 29.2. The van der Waals surface area contributed by atoms with E-state index in [1.165, 1.54) is 12.7 Å². The summed E-state index contributed by atoms with van der Waals surface area (Å²) in [7, 11) is 1.72. The van der Waals surface area contributed by atoms with Crippen molar-refractivity contribution in [3.05, 3.63) is 12.7 Å². The maximum absolute atomic E-state index is 12.3. The predicted molar refractivity (Wildman–Crippen MR) is 111 cm³/mol. The third-order valence-electron chi connectivity index (χ3n) is 4.97. The Labute approximate surface area is 179 Å². The molecule has 0 spiro atoms. The van der Waals surface area contributed by atoms with E-state index in [9.17, 15) is 19.8 Å². The lowest BCUT2D eigenvalue weighted by Gasteiger charge is -2.20. The molecule has 3 rings (SSSR count). The molecule has 12 heteroatoms. The number of ether oxygens (including phenoxy) is 1. The van der Waals surface area contributed by atoms with E-state index in [-0.39, 0.29) is 25.3 Å². The normalized spacial score (nSPS) is 23.5. The van der Waals surface area contributed by atoms with Crippen molar-refractivity contribution >= 4 is 29.0 Å². The van der Waals surface area contributed by atoms with Gasteiger partial charge in [-0.2, -0.15) is 0 Å². The minimum Gasteiger partial charge on any atom is -0.444 e. The molecule has 31 heavy (non-hydrogen) atoms. The smallest absolute Gasteiger partial charge is 0.407 e. The zero-order valence-electron chi connectivity index (χ0n) is 18.0. The van der Waals surface area contributed by atoms with Crippen LogP contribution >= 0.6 is 0 Å². The molecule has 4 atom stereocenters. The number of hydrogen-bond donors (Lipinski definition) is 5. The van der Waals surface area contributed by atoms with Gasteiger partial charge in [-0.1, -0.05) is 0 Å². The Kier molecular flexibility index (Phi) is 6.60. The lowest BCUT2D eigenvalue weighted by molar-refractivity contribution is -0.122. The number of anilines is 1. The van der Waals surface area contributed by atoms with Crippen LogP contribution in [0.1, 0.15) is 39.7 Å². The van der Waals surface area contributed by atoms with Crippen molar-refractivity contribution in [2.24, 2.45) is 0 Å². The second kappa shape index (κ2) is 9.02. The Morgan fingerprint density at radius 3 is 2.65 bits per heavy atom. The minimum atomic E-state index is -1.16. The first-order valence-electron chi connectivity index (χ1n) is 10.1. The zero-order valence-corrected chi connectivity index (χ0v) is 18.0.